The molecule has 1 unspecified atom stereocenters. The van der Waals surface area contributed by atoms with E-state index in [0.717, 1.165) is 16.7 Å². The molecular formula is C12H21BrN4O. The van der Waals surface area contributed by atoms with Gasteiger partial charge < -0.3 is 15.3 Å². The van der Waals surface area contributed by atoms with Gasteiger partial charge in [-0.25, -0.2) is 4.98 Å². The average Bonchev–Trinajstić information content (AvgIpc) is 2.35. The molecule has 0 saturated heterocycles. The Morgan fingerprint density at radius 2 is 2.17 bits per heavy atom. The third-order valence-electron chi connectivity index (χ3n) is 2.79. The van der Waals surface area contributed by atoms with Crippen LogP contribution < -0.4 is 10.2 Å². The second-order valence-electron chi connectivity index (χ2n) is 4.69. The second-order valence-corrected chi connectivity index (χ2v) is 5.55. The van der Waals surface area contributed by atoms with E-state index >= 15 is 0 Å². The summed E-state index contributed by atoms with van der Waals surface area (Å²) in [5.41, 5.74) is 0. The topological polar surface area (TPSA) is 61.3 Å². The van der Waals surface area contributed by atoms with Crippen molar-refractivity contribution in [3.8, 4) is 0 Å². The fraction of sp³-hybridized carbons (Fsp3) is 0.667. The summed E-state index contributed by atoms with van der Waals surface area (Å²) < 4.78 is 0.826. The van der Waals surface area contributed by atoms with E-state index in [4.69, 9.17) is 0 Å². The molecule has 6 heteroatoms. The summed E-state index contributed by atoms with van der Waals surface area (Å²) in [5, 5.41) is 12.5. The molecule has 0 bridgehead atoms. The van der Waals surface area contributed by atoms with Gasteiger partial charge in [0.05, 0.1) is 17.1 Å². The van der Waals surface area contributed by atoms with Crippen LogP contribution in [0.5, 0.6) is 0 Å². The Labute approximate surface area is 117 Å². The van der Waals surface area contributed by atoms with E-state index in [1.807, 2.05) is 19.0 Å². The molecule has 0 amide bonds. The zero-order valence-corrected chi connectivity index (χ0v) is 12.9. The van der Waals surface area contributed by atoms with Gasteiger partial charge in [0.15, 0.2) is 0 Å². The molecule has 0 aromatic carbocycles. The van der Waals surface area contributed by atoms with Gasteiger partial charge in [-0.05, 0) is 28.3 Å². The van der Waals surface area contributed by atoms with Crippen LogP contribution >= 0.6 is 15.9 Å². The van der Waals surface area contributed by atoms with Crippen molar-refractivity contribution in [3.63, 3.8) is 0 Å². The predicted molar refractivity (Wildman–Crippen MR) is 78.0 cm³/mol. The fourth-order valence-corrected chi connectivity index (χ4v) is 2.15. The van der Waals surface area contributed by atoms with Crippen molar-refractivity contribution in [1.82, 2.24) is 9.97 Å². The normalized spacial score (nSPS) is 12.6. The zero-order chi connectivity index (χ0) is 13.7. The summed E-state index contributed by atoms with van der Waals surface area (Å²) >= 11 is 3.38. The first-order chi connectivity index (χ1) is 8.49. The van der Waals surface area contributed by atoms with Crippen molar-refractivity contribution >= 4 is 27.7 Å². The second kappa shape index (κ2) is 6.89. The maximum Gasteiger partial charge on any atom is 0.227 e. The number of likely N-dealkylation sites (N-methyl/N-ethyl adjacent to an activating group) is 1. The number of aromatic nitrogens is 2. The molecule has 2 N–H and O–H groups in total. The van der Waals surface area contributed by atoms with Gasteiger partial charge >= 0.3 is 0 Å². The van der Waals surface area contributed by atoms with Crippen LogP contribution in [0.2, 0.25) is 0 Å². The van der Waals surface area contributed by atoms with Crippen molar-refractivity contribution in [2.45, 2.75) is 26.3 Å². The van der Waals surface area contributed by atoms with Gasteiger partial charge in [0.2, 0.25) is 5.95 Å². The first-order valence-corrected chi connectivity index (χ1v) is 6.82. The quantitative estimate of drug-likeness (QED) is 0.841. The van der Waals surface area contributed by atoms with Gasteiger partial charge in [0, 0.05) is 20.3 Å². The minimum Gasteiger partial charge on any atom is -0.394 e. The highest BCUT2D eigenvalue weighted by Crippen LogP contribution is 2.22. The summed E-state index contributed by atoms with van der Waals surface area (Å²) in [7, 11) is 3.72. The summed E-state index contributed by atoms with van der Waals surface area (Å²) in [6.45, 7) is 4.37. The van der Waals surface area contributed by atoms with Crippen LogP contribution in [-0.2, 0) is 0 Å². The molecule has 1 aromatic heterocycles. The molecule has 0 aliphatic rings. The lowest BCUT2D eigenvalue weighted by Crippen LogP contribution is -2.37. The Morgan fingerprint density at radius 3 is 2.67 bits per heavy atom. The number of nitrogens with one attached hydrogen (secondary N) is 1. The molecule has 0 aliphatic heterocycles. The lowest BCUT2D eigenvalue weighted by atomic mass is 10.0. The van der Waals surface area contributed by atoms with E-state index < -0.39 is 0 Å². The molecule has 102 valence electrons. The minimum atomic E-state index is 0.0379. The van der Waals surface area contributed by atoms with Crippen LogP contribution in [0.1, 0.15) is 20.3 Å². The zero-order valence-electron chi connectivity index (χ0n) is 11.3. The standard InChI is InChI=1S/C12H21BrN4O/c1-8(2)5-9(7-18)17(4)12-15-6-10(13)11(14-3)16-12/h6,8-9,18H,5,7H2,1-4H3,(H,14,15,16). The Morgan fingerprint density at radius 1 is 1.50 bits per heavy atom. The highest BCUT2D eigenvalue weighted by atomic mass is 79.9. The lowest BCUT2D eigenvalue weighted by molar-refractivity contribution is 0.245. The maximum absolute atomic E-state index is 9.47. The summed E-state index contributed by atoms with van der Waals surface area (Å²) in [5.74, 6) is 1.87. The van der Waals surface area contributed by atoms with E-state index in [-0.39, 0.29) is 12.6 Å². The number of hydrogen-bond donors (Lipinski definition) is 2. The molecule has 1 atom stereocenters. The largest absolute Gasteiger partial charge is 0.394 e. The molecule has 0 aliphatic carbocycles. The molecule has 1 heterocycles. The van der Waals surface area contributed by atoms with Gasteiger partial charge in [0.25, 0.3) is 0 Å². The molecule has 5 nitrogen and oxygen atoms in total. The number of halogens is 1. The number of aliphatic hydroxyl groups excluding tert-OH is 1. The van der Waals surface area contributed by atoms with Gasteiger partial charge in [-0.15, -0.1) is 0 Å². The molecule has 18 heavy (non-hydrogen) atoms. The Bertz CT molecular complexity index is 386. The molecule has 1 rings (SSSR count). The molecule has 0 fully saturated rings. The molecule has 0 spiro atoms. The monoisotopic (exact) mass is 316 g/mol. The third-order valence-corrected chi connectivity index (χ3v) is 3.37. The van der Waals surface area contributed by atoms with E-state index in [2.05, 4.69) is 45.1 Å². The first-order valence-electron chi connectivity index (χ1n) is 6.03. The van der Waals surface area contributed by atoms with Crippen LogP contribution in [0.4, 0.5) is 11.8 Å². The van der Waals surface area contributed by atoms with E-state index in [9.17, 15) is 5.11 Å². The lowest BCUT2D eigenvalue weighted by Gasteiger charge is -2.28. The Kier molecular flexibility index (Phi) is 5.81. The van der Waals surface area contributed by atoms with Crippen LogP contribution in [-0.4, -0.2) is 41.8 Å². The van der Waals surface area contributed by atoms with E-state index in [1.165, 1.54) is 0 Å². The summed E-state index contributed by atoms with van der Waals surface area (Å²) in [6.07, 6.45) is 2.62. The maximum atomic E-state index is 9.47. The molecular weight excluding hydrogens is 296 g/mol. The molecule has 0 saturated carbocycles. The van der Waals surface area contributed by atoms with Gasteiger partial charge in [0.1, 0.15) is 5.82 Å². The highest BCUT2D eigenvalue weighted by molar-refractivity contribution is 9.10. The van der Waals surface area contributed by atoms with Crippen molar-refractivity contribution in [2.24, 2.45) is 5.92 Å². The van der Waals surface area contributed by atoms with Crippen LogP contribution in [0.25, 0.3) is 0 Å². The van der Waals surface area contributed by atoms with Crippen molar-refractivity contribution in [2.75, 3.05) is 30.9 Å². The first kappa shape index (κ1) is 15.2. The number of anilines is 2. The van der Waals surface area contributed by atoms with Crippen LogP contribution in [0.3, 0.4) is 0 Å². The van der Waals surface area contributed by atoms with Gasteiger partial charge in [-0.3, -0.25) is 0 Å². The number of rotatable bonds is 6. The molecule has 1 aromatic rings. The summed E-state index contributed by atoms with van der Waals surface area (Å²) in [4.78, 5) is 10.6. The molecule has 0 radical (unpaired) electrons. The van der Waals surface area contributed by atoms with Crippen molar-refractivity contribution in [3.05, 3.63) is 10.7 Å². The Hall–Kier alpha value is -0.880. The van der Waals surface area contributed by atoms with Gasteiger partial charge in [-0.2, -0.15) is 4.98 Å². The fourth-order valence-electron chi connectivity index (χ4n) is 1.77. The predicted octanol–water partition coefficient (Wildman–Crippen LogP) is 2.12. The Balaban J connectivity index is 2.90. The van der Waals surface area contributed by atoms with Gasteiger partial charge in [-0.1, -0.05) is 13.8 Å². The minimum absolute atomic E-state index is 0.0379. The van der Waals surface area contributed by atoms with Crippen LogP contribution in [0, 0.1) is 5.92 Å². The highest BCUT2D eigenvalue weighted by Gasteiger charge is 2.18. The summed E-state index contributed by atoms with van der Waals surface area (Å²) in [6, 6.07) is 0.0379. The van der Waals surface area contributed by atoms with Crippen LogP contribution in [0.15, 0.2) is 10.7 Å². The average molecular weight is 317 g/mol. The number of nitrogens with zero attached hydrogens (tertiary/aromatic N) is 3. The third kappa shape index (κ3) is 3.81. The number of aliphatic hydroxyl groups is 1. The van der Waals surface area contributed by atoms with E-state index in [0.29, 0.717) is 11.9 Å². The SMILES string of the molecule is CNc1nc(N(C)C(CO)CC(C)C)ncc1Br. The number of hydrogen-bond acceptors (Lipinski definition) is 5. The van der Waals surface area contributed by atoms with E-state index in [1.54, 1.807) is 6.20 Å². The van der Waals surface area contributed by atoms with Crippen molar-refractivity contribution in [1.29, 1.82) is 0 Å². The van der Waals surface area contributed by atoms with Crippen molar-refractivity contribution < 1.29 is 5.11 Å². The smallest absolute Gasteiger partial charge is 0.227 e.